The molecule has 3 aliphatic heterocycles. The number of hydrogen-bond donors (Lipinski definition) is 2. The minimum absolute atomic E-state index is 0.109. The van der Waals surface area contributed by atoms with Crippen LogP contribution in [0.2, 0.25) is 0 Å². The Morgan fingerprint density at radius 2 is 2.06 bits per heavy atom. The van der Waals surface area contributed by atoms with Crippen LogP contribution in [-0.4, -0.2) is 59.5 Å². The summed E-state index contributed by atoms with van der Waals surface area (Å²) in [6, 6.07) is 14.4. The van der Waals surface area contributed by atoms with Crippen LogP contribution in [0.25, 0.3) is 0 Å². The summed E-state index contributed by atoms with van der Waals surface area (Å²) in [5, 5.41) is 6.62. The number of piperazine rings is 1. The number of para-hydroxylation sites is 1. The maximum absolute atomic E-state index is 12.9. The van der Waals surface area contributed by atoms with Gasteiger partial charge in [0.25, 0.3) is 0 Å². The van der Waals surface area contributed by atoms with Gasteiger partial charge >= 0.3 is 0 Å². The summed E-state index contributed by atoms with van der Waals surface area (Å²) in [4.78, 5) is 34.0. The molecule has 31 heavy (non-hydrogen) atoms. The molecule has 2 fully saturated rings. The van der Waals surface area contributed by atoms with E-state index in [0.717, 1.165) is 43.7 Å². The van der Waals surface area contributed by atoms with Crippen molar-refractivity contribution < 1.29 is 9.59 Å². The molecule has 1 aromatic heterocycles. The van der Waals surface area contributed by atoms with Gasteiger partial charge in [-0.1, -0.05) is 24.3 Å². The molecule has 2 amide bonds. The Bertz CT molecular complexity index is 950. The molecule has 162 valence electrons. The molecule has 2 saturated heterocycles. The minimum atomic E-state index is -0.109. The molecule has 2 N–H and O–H groups in total. The number of amides is 2. The molecule has 2 aromatic rings. The van der Waals surface area contributed by atoms with Crippen molar-refractivity contribution in [3.05, 3.63) is 59.9 Å². The number of benzene rings is 1. The van der Waals surface area contributed by atoms with Gasteiger partial charge in [-0.15, -0.1) is 0 Å². The molecular weight excluding hydrogens is 390 g/mol. The number of anilines is 1. The lowest BCUT2D eigenvalue weighted by Gasteiger charge is -2.37. The van der Waals surface area contributed by atoms with Crippen molar-refractivity contribution in [3.8, 4) is 0 Å². The van der Waals surface area contributed by atoms with E-state index in [1.165, 1.54) is 5.56 Å². The fourth-order valence-electron chi connectivity index (χ4n) is 5.17. The fourth-order valence-corrected chi connectivity index (χ4v) is 5.17. The van der Waals surface area contributed by atoms with Crippen molar-refractivity contribution in [3.63, 3.8) is 0 Å². The van der Waals surface area contributed by atoms with Crippen molar-refractivity contribution in [2.24, 2.45) is 0 Å². The zero-order valence-electron chi connectivity index (χ0n) is 17.7. The molecule has 3 atom stereocenters. The molecule has 5 rings (SSSR count). The van der Waals surface area contributed by atoms with Gasteiger partial charge < -0.3 is 15.5 Å². The smallest absolute Gasteiger partial charge is 0.237 e. The summed E-state index contributed by atoms with van der Waals surface area (Å²) >= 11 is 0. The third kappa shape index (κ3) is 4.20. The Hall–Kier alpha value is -2.77. The van der Waals surface area contributed by atoms with Gasteiger partial charge in [0, 0.05) is 56.6 Å². The van der Waals surface area contributed by atoms with Crippen LogP contribution in [-0.2, 0) is 22.6 Å². The second kappa shape index (κ2) is 8.77. The lowest BCUT2D eigenvalue weighted by atomic mass is 10.0. The highest BCUT2D eigenvalue weighted by molar-refractivity contribution is 5.95. The van der Waals surface area contributed by atoms with E-state index in [4.69, 9.17) is 0 Å². The predicted octanol–water partition coefficient (Wildman–Crippen LogP) is 1.48. The zero-order chi connectivity index (χ0) is 21.2. The maximum Gasteiger partial charge on any atom is 0.237 e. The maximum atomic E-state index is 12.9. The van der Waals surface area contributed by atoms with E-state index >= 15 is 0 Å². The van der Waals surface area contributed by atoms with Crippen molar-refractivity contribution in [2.75, 3.05) is 24.5 Å². The Morgan fingerprint density at radius 1 is 1.19 bits per heavy atom. The summed E-state index contributed by atoms with van der Waals surface area (Å²) in [5.41, 5.74) is 3.31. The number of pyridine rings is 1. The van der Waals surface area contributed by atoms with E-state index in [1.54, 1.807) is 6.20 Å². The molecule has 0 bridgehead atoms. The van der Waals surface area contributed by atoms with Gasteiger partial charge in [-0.05, 0) is 43.0 Å². The average molecular weight is 420 g/mol. The molecule has 3 unspecified atom stereocenters. The quantitative estimate of drug-likeness (QED) is 0.742. The highest BCUT2D eigenvalue weighted by Crippen LogP contribution is 2.30. The summed E-state index contributed by atoms with van der Waals surface area (Å²) in [6.07, 6.45) is 4.79. The first-order chi connectivity index (χ1) is 15.2. The first-order valence-corrected chi connectivity index (χ1v) is 11.2. The standard InChI is InChI=1S/C24H29N5O2/c30-23(28-12-10-17-5-1-2-7-21(17)28)9-8-20-15-27-24(31)22-13-19(16-29(20)22)26-14-18-6-3-4-11-25-18/h1-7,11,19-20,22,26H,8-10,12-16H2,(H,27,31). The summed E-state index contributed by atoms with van der Waals surface area (Å²) < 4.78 is 0. The van der Waals surface area contributed by atoms with E-state index in [1.807, 2.05) is 41.3 Å². The third-order valence-corrected chi connectivity index (χ3v) is 6.80. The summed E-state index contributed by atoms with van der Waals surface area (Å²) in [7, 11) is 0. The first kappa shape index (κ1) is 20.2. The largest absolute Gasteiger partial charge is 0.353 e. The highest BCUT2D eigenvalue weighted by Gasteiger charge is 2.43. The van der Waals surface area contributed by atoms with E-state index in [-0.39, 0.29) is 29.9 Å². The molecule has 3 aliphatic rings. The second-order valence-corrected chi connectivity index (χ2v) is 8.71. The van der Waals surface area contributed by atoms with Crippen LogP contribution in [0.3, 0.4) is 0 Å². The minimum Gasteiger partial charge on any atom is -0.353 e. The fraction of sp³-hybridized carbons (Fsp3) is 0.458. The van der Waals surface area contributed by atoms with Gasteiger partial charge in [-0.2, -0.15) is 0 Å². The summed E-state index contributed by atoms with van der Waals surface area (Å²) in [5.74, 6) is 0.292. The monoisotopic (exact) mass is 419 g/mol. The van der Waals surface area contributed by atoms with Gasteiger partial charge in [-0.25, -0.2) is 0 Å². The normalized spacial score (nSPS) is 25.2. The van der Waals surface area contributed by atoms with Crippen LogP contribution in [0.5, 0.6) is 0 Å². The van der Waals surface area contributed by atoms with Gasteiger partial charge in [-0.3, -0.25) is 19.5 Å². The first-order valence-electron chi connectivity index (χ1n) is 11.2. The van der Waals surface area contributed by atoms with Crippen LogP contribution >= 0.6 is 0 Å². The second-order valence-electron chi connectivity index (χ2n) is 8.71. The molecule has 0 saturated carbocycles. The number of carbonyl (C=O) groups is 2. The van der Waals surface area contributed by atoms with Gasteiger partial charge in [0.15, 0.2) is 0 Å². The average Bonchev–Trinajstić information content (AvgIpc) is 3.43. The van der Waals surface area contributed by atoms with Crippen LogP contribution in [0.1, 0.15) is 30.5 Å². The Balaban J connectivity index is 1.18. The van der Waals surface area contributed by atoms with Crippen LogP contribution < -0.4 is 15.5 Å². The molecule has 0 radical (unpaired) electrons. The van der Waals surface area contributed by atoms with Crippen molar-refractivity contribution >= 4 is 17.5 Å². The number of carbonyl (C=O) groups excluding carboxylic acids is 2. The Labute approximate surface area is 182 Å². The number of aromatic nitrogens is 1. The topological polar surface area (TPSA) is 77.6 Å². The number of nitrogens with one attached hydrogen (secondary N) is 2. The lowest BCUT2D eigenvalue weighted by Crippen LogP contribution is -2.58. The highest BCUT2D eigenvalue weighted by atomic mass is 16.2. The molecule has 0 aliphatic carbocycles. The zero-order valence-corrected chi connectivity index (χ0v) is 17.7. The van der Waals surface area contributed by atoms with E-state index in [2.05, 4.69) is 26.6 Å². The Morgan fingerprint density at radius 3 is 2.94 bits per heavy atom. The molecule has 4 heterocycles. The molecular formula is C24H29N5O2. The van der Waals surface area contributed by atoms with Gasteiger partial charge in [0.1, 0.15) is 0 Å². The van der Waals surface area contributed by atoms with Gasteiger partial charge in [0.2, 0.25) is 11.8 Å². The molecule has 7 heteroatoms. The predicted molar refractivity (Wildman–Crippen MR) is 119 cm³/mol. The lowest BCUT2D eigenvalue weighted by molar-refractivity contribution is -0.129. The molecule has 7 nitrogen and oxygen atoms in total. The van der Waals surface area contributed by atoms with Crippen molar-refractivity contribution in [1.82, 2.24) is 20.5 Å². The third-order valence-electron chi connectivity index (χ3n) is 6.80. The van der Waals surface area contributed by atoms with Crippen molar-refractivity contribution in [2.45, 2.75) is 50.4 Å². The van der Waals surface area contributed by atoms with Crippen LogP contribution in [0, 0.1) is 0 Å². The molecule has 0 spiro atoms. The van der Waals surface area contributed by atoms with Crippen LogP contribution in [0.4, 0.5) is 5.69 Å². The van der Waals surface area contributed by atoms with E-state index in [0.29, 0.717) is 19.5 Å². The number of nitrogens with zero attached hydrogens (tertiary/aromatic N) is 3. The van der Waals surface area contributed by atoms with Gasteiger partial charge in [0.05, 0.1) is 11.7 Å². The SMILES string of the molecule is O=C1NCC(CCC(=O)N2CCc3ccccc32)N2CC(NCc3ccccn3)CC12. The van der Waals surface area contributed by atoms with Crippen molar-refractivity contribution in [1.29, 1.82) is 0 Å². The molecule has 1 aromatic carbocycles. The van der Waals surface area contributed by atoms with Crippen LogP contribution in [0.15, 0.2) is 48.7 Å². The number of hydrogen-bond acceptors (Lipinski definition) is 5. The van der Waals surface area contributed by atoms with E-state index < -0.39 is 0 Å². The summed E-state index contributed by atoms with van der Waals surface area (Å²) in [6.45, 7) is 2.92. The number of fused-ring (bicyclic) bond motifs is 2. The number of rotatable bonds is 6. The Kier molecular flexibility index (Phi) is 5.70. The van der Waals surface area contributed by atoms with E-state index in [9.17, 15) is 9.59 Å².